The zero-order chi connectivity index (χ0) is 13.1. The lowest BCUT2D eigenvalue weighted by atomic mass is 10.00. The summed E-state index contributed by atoms with van der Waals surface area (Å²) in [6.07, 6.45) is 0. The molecule has 0 fully saturated rings. The molecule has 0 aliphatic heterocycles. The lowest BCUT2D eigenvalue weighted by Gasteiger charge is -2.10. The SMILES string of the molecule is CNC(=O)c1cc(-c2ccccc2)cc(C)c1Br. The van der Waals surface area contributed by atoms with Gasteiger partial charge in [-0.2, -0.15) is 0 Å². The second-order valence-electron chi connectivity index (χ2n) is 4.10. The molecule has 2 aromatic rings. The molecule has 0 saturated carbocycles. The van der Waals surface area contributed by atoms with Crippen molar-refractivity contribution >= 4 is 21.8 Å². The summed E-state index contributed by atoms with van der Waals surface area (Å²) in [5, 5.41) is 2.66. The van der Waals surface area contributed by atoms with Crippen LogP contribution in [0.3, 0.4) is 0 Å². The van der Waals surface area contributed by atoms with Crippen molar-refractivity contribution in [2.24, 2.45) is 0 Å². The Balaban J connectivity index is 2.58. The Hall–Kier alpha value is -1.61. The Morgan fingerprint density at radius 2 is 1.78 bits per heavy atom. The van der Waals surface area contributed by atoms with Gasteiger partial charge in [-0.15, -0.1) is 0 Å². The van der Waals surface area contributed by atoms with E-state index < -0.39 is 0 Å². The predicted molar refractivity (Wildman–Crippen MR) is 77.7 cm³/mol. The Kier molecular flexibility index (Phi) is 3.82. The topological polar surface area (TPSA) is 29.1 Å². The van der Waals surface area contributed by atoms with Crippen LogP contribution in [0.2, 0.25) is 0 Å². The highest BCUT2D eigenvalue weighted by Crippen LogP contribution is 2.28. The van der Waals surface area contributed by atoms with Crippen LogP contribution in [0.15, 0.2) is 46.9 Å². The van der Waals surface area contributed by atoms with Crippen molar-refractivity contribution in [3.8, 4) is 11.1 Å². The van der Waals surface area contributed by atoms with Crippen LogP contribution in [0.5, 0.6) is 0 Å². The van der Waals surface area contributed by atoms with Crippen LogP contribution in [0.1, 0.15) is 15.9 Å². The maximum atomic E-state index is 11.8. The highest BCUT2D eigenvalue weighted by atomic mass is 79.9. The molecule has 0 radical (unpaired) electrons. The minimum atomic E-state index is -0.0808. The van der Waals surface area contributed by atoms with E-state index in [-0.39, 0.29) is 5.91 Å². The van der Waals surface area contributed by atoms with Gasteiger partial charge in [-0.1, -0.05) is 36.4 Å². The van der Waals surface area contributed by atoms with E-state index >= 15 is 0 Å². The smallest absolute Gasteiger partial charge is 0.252 e. The van der Waals surface area contributed by atoms with Crippen molar-refractivity contribution in [1.29, 1.82) is 0 Å². The van der Waals surface area contributed by atoms with Gasteiger partial charge in [0.15, 0.2) is 0 Å². The molecule has 2 rings (SSSR count). The van der Waals surface area contributed by atoms with Gasteiger partial charge in [-0.3, -0.25) is 4.79 Å². The largest absolute Gasteiger partial charge is 0.355 e. The lowest BCUT2D eigenvalue weighted by Crippen LogP contribution is -2.18. The van der Waals surface area contributed by atoms with E-state index in [1.54, 1.807) is 7.05 Å². The molecule has 3 heteroatoms. The quantitative estimate of drug-likeness (QED) is 0.898. The molecule has 2 nitrogen and oxygen atoms in total. The Morgan fingerprint density at radius 1 is 1.11 bits per heavy atom. The number of hydrogen-bond donors (Lipinski definition) is 1. The zero-order valence-corrected chi connectivity index (χ0v) is 11.9. The summed E-state index contributed by atoms with van der Waals surface area (Å²) < 4.78 is 0.849. The van der Waals surface area contributed by atoms with Gasteiger partial charge < -0.3 is 5.32 Å². The van der Waals surface area contributed by atoms with E-state index in [9.17, 15) is 4.79 Å². The van der Waals surface area contributed by atoms with Crippen molar-refractivity contribution in [3.05, 3.63) is 58.1 Å². The van der Waals surface area contributed by atoms with Crippen molar-refractivity contribution in [2.75, 3.05) is 7.05 Å². The number of rotatable bonds is 2. The van der Waals surface area contributed by atoms with Gasteiger partial charge in [0.25, 0.3) is 5.91 Å². The molecule has 0 aliphatic carbocycles. The number of carbonyl (C=O) groups excluding carboxylic acids is 1. The minimum Gasteiger partial charge on any atom is -0.355 e. The molecule has 0 unspecified atom stereocenters. The predicted octanol–water partition coefficient (Wildman–Crippen LogP) is 3.78. The fraction of sp³-hybridized carbons (Fsp3) is 0.133. The van der Waals surface area contributed by atoms with E-state index in [4.69, 9.17) is 0 Å². The molecule has 1 N–H and O–H groups in total. The molecule has 2 aromatic carbocycles. The standard InChI is InChI=1S/C15H14BrNO/c1-10-8-12(11-6-4-3-5-7-11)9-13(14(10)16)15(18)17-2/h3-9H,1-2H3,(H,17,18). The molecule has 0 aromatic heterocycles. The summed E-state index contributed by atoms with van der Waals surface area (Å²) in [5.74, 6) is -0.0808. The number of halogens is 1. The van der Waals surface area contributed by atoms with Gasteiger partial charge in [0.05, 0.1) is 5.56 Å². The van der Waals surface area contributed by atoms with E-state index in [1.165, 1.54) is 0 Å². The lowest BCUT2D eigenvalue weighted by molar-refractivity contribution is 0.0962. The first kappa shape index (κ1) is 12.8. The zero-order valence-electron chi connectivity index (χ0n) is 10.3. The number of hydrogen-bond acceptors (Lipinski definition) is 1. The van der Waals surface area contributed by atoms with Gasteiger partial charge in [0.1, 0.15) is 0 Å². The molecule has 0 aliphatic rings. The van der Waals surface area contributed by atoms with Crippen LogP contribution >= 0.6 is 15.9 Å². The van der Waals surface area contributed by atoms with Crippen LogP contribution in [-0.2, 0) is 0 Å². The summed E-state index contributed by atoms with van der Waals surface area (Å²) in [6, 6.07) is 14.0. The number of amides is 1. The van der Waals surface area contributed by atoms with Crippen molar-refractivity contribution in [3.63, 3.8) is 0 Å². The summed E-state index contributed by atoms with van der Waals surface area (Å²) in [4.78, 5) is 11.8. The minimum absolute atomic E-state index is 0.0808. The van der Waals surface area contributed by atoms with Gasteiger partial charge >= 0.3 is 0 Å². The van der Waals surface area contributed by atoms with Gasteiger partial charge in [0, 0.05) is 11.5 Å². The molecule has 0 atom stereocenters. The monoisotopic (exact) mass is 303 g/mol. The summed E-state index contributed by atoms with van der Waals surface area (Å²) in [5.41, 5.74) is 3.87. The van der Waals surface area contributed by atoms with E-state index in [0.29, 0.717) is 5.56 Å². The van der Waals surface area contributed by atoms with E-state index in [1.807, 2.05) is 43.3 Å². The molecule has 1 amide bonds. The third kappa shape index (κ3) is 2.46. The highest BCUT2D eigenvalue weighted by Gasteiger charge is 2.12. The highest BCUT2D eigenvalue weighted by molar-refractivity contribution is 9.10. The summed E-state index contributed by atoms with van der Waals surface area (Å²) >= 11 is 3.47. The molecule has 18 heavy (non-hydrogen) atoms. The first-order chi connectivity index (χ1) is 8.63. The van der Waals surface area contributed by atoms with Crippen molar-refractivity contribution in [2.45, 2.75) is 6.92 Å². The van der Waals surface area contributed by atoms with Crippen LogP contribution in [0.4, 0.5) is 0 Å². The summed E-state index contributed by atoms with van der Waals surface area (Å²) in [6.45, 7) is 1.99. The van der Waals surface area contributed by atoms with E-state index in [0.717, 1.165) is 21.2 Å². The number of carbonyl (C=O) groups is 1. The van der Waals surface area contributed by atoms with Gasteiger partial charge in [-0.05, 0) is 45.6 Å². The molecule has 0 spiro atoms. The molecule has 92 valence electrons. The summed E-state index contributed by atoms with van der Waals surface area (Å²) in [7, 11) is 1.64. The maximum Gasteiger partial charge on any atom is 0.252 e. The van der Waals surface area contributed by atoms with Crippen molar-refractivity contribution in [1.82, 2.24) is 5.32 Å². The Labute approximate surface area is 115 Å². The second kappa shape index (κ2) is 5.36. The molecular weight excluding hydrogens is 290 g/mol. The number of benzene rings is 2. The average molecular weight is 304 g/mol. The average Bonchev–Trinajstić information content (AvgIpc) is 2.41. The number of aryl methyl sites for hydroxylation is 1. The van der Waals surface area contributed by atoms with Crippen LogP contribution in [0, 0.1) is 6.92 Å². The second-order valence-corrected chi connectivity index (χ2v) is 4.89. The van der Waals surface area contributed by atoms with E-state index in [2.05, 4.69) is 27.3 Å². The molecular formula is C15H14BrNO. The molecule has 0 heterocycles. The first-order valence-corrected chi connectivity index (χ1v) is 6.50. The third-order valence-electron chi connectivity index (χ3n) is 2.83. The van der Waals surface area contributed by atoms with Crippen LogP contribution < -0.4 is 5.32 Å². The van der Waals surface area contributed by atoms with Crippen LogP contribution in [-0.4, -0.2) is 13.0 Å². The molecule has 0 bridgehead atoms. The maximum absolute atomic E-state index is 11.8. The van der Waals surface area contributed by atoms with Crippen LogP contribution in [0.25, 0.3) is 11.1 Å². The Bertz CT molecular complexity index is 579. The fourth-order valence-electron chi connectivity index (χ4n) is 1.87. The first-order valence-electron chi connectivity index (χ1n) is 5.71. The third-order valence-corrected chi connectivity index (χ3v) is 3.89. The fourth-order valence-corrected chi connectivity index (χ4v) is 2.28. The van der Waals surface area contributed by atoms with Crippen molar-refractivity contribution < 1.29 is 4.79 Å². The van der Waals surface area contributed by atoms with Gasteiger partial charge in [0.2, 0.25) is 0 Å². The number of nitrogens with one attached hydrogen (secondary N) is 1. The normalized spacial score (nSPS) is 10.2. The Morgan fingerprint density at radius 3 is 2.39 bits per heavy atom. The molecule has 0 saturated heterocycles. The van der Waals surface area contributed by atoms with Gasteiger partial charge in [-0.25, -0.2) is 0 Å².